The molecule has 0 unspecified atom stereocenters. The number of hydrogen-bond donors (Lipinski definition) is 2. The van der Waals surface area contributed by atoms with Crippen LogP contribution < -0.4 is 10.0 Å². The first-order chi connectivity index (χ1) is 13.3. The van der Waals surface area contributed by atoms with Crippen LogP contribution in [0.4, 0.5) is 20.2 Å². The minimum Gasteiger partial charge on any atom is -0.319 e. The maximum absolute atomic E-state index is 13.7. The molecule has 8 heteroatoms. The molecular formula is C20H16F2N2O3S. The number of rotatable bonds is 5. The van der Waals surface area contributed by atoms with Gasteiger partial charge < -0.3 is 5.32 Å². The molecule has 3 aromatic rings. The smallest absolute Gasteiger partial charge is 0.262 e. The zero-order valence-electron chi connectivity index (χ0n) is 14.7. The Morgan fingerprint density at radius 1 is 0.929 bits per heavy atom. The molecule has 0 saturated heterocycles. The highest BCUT2D eigenvalue weighted by Gasteiger charge is 2.20. The number of aryl methyl sites for hydroxylation is 1. The molecule has 2 N–H and O–H groups in total. The van der Waals surface area contributed by atoms with E-state index in [9.17, 15) is 22.0 Å². The molecule has 0 spiro atoms. The Morgan fingerprint density at radius 2 is 1.64 bits per heavy atom. The summed E-state index contributed by atoms with van der Waals surface area (Å²) in [7, 11) is -3.94. The topological polar surface area (TPSA) is 75.3 Å². The Hall–Kier alpha value is -3.26. The predicted octanol–water partition coefficient (Wildman–Crippen LogP) is 4.33. The van der Waals surface area contributed by atoms with Gasteiger partial charge in [0, 0.05) is 17.3 Å². The van der Waals surface area contributed by atoms with E-state index in [0.717, 1.165) is 12.1 Å². The standard InChI is InChI=1S/C20H16F2N2O3S/c1-13-7-8-14(20(25)23-18-10-9-15(21)12-17(18)22)11-19(13)28(26,27)24-16-5-3-2-4-6-16/h2-12,24H,1H3,(H,23,25). The fraction of sp³-hybridized carbons (Fsp3) is 0.0500. The molecule has 0 atom stereocenters. The van der Waals surface area contributed by atoms with Crippen molar-refractivity contribution >= 4 is 27.3 Å². The average Bonchev–Trinajstić information content (AvgIpc) is 2.64. The average molecular weight is 402 g/mol. The number of para-hydroxylation sites is 1. The first kappa shape index (κ1) is 19.5. The van der Waals surface area contributed by atoms with E-state index in [1.54, 1.807) is 37.3 Å². The van der Waals surface area contributed by atoms with E-state index in [2.05, 4.69) is 10.0 Å². The summed E-state index contributed by atoms with van der Waals surface area (Å²) in [5, 5.41) is 2.31. The summed E-state index contributed by atoms with van der Waals surface area (Å²) >= 11 is 0. The fourth-order valence-corrected chi connectivity index (χ4v) is 3.86. The highest BCUT2D eigenvalue weighted by atomic mass is 32.2. The SMILES string of the molecule is Cc1ccc(C(=O)Nc2ccc(F)cc2F)cc1S(=O)(=O)Nc1ccccc1. The lowest BCUT2D eigenvalue weighted by atomic mass is 10.1. The monoisotopic (exact) mass is 402 g/mol. The number of nitrogens with one attached hydrogen (secondary N) is 2. The van der Waals surface area contributed by atoms with Gasteiger partial charge in [-0.1, -0.05) is 24.3 Å². The normalized spacial score (nSPS) is 11.1. The van der Waals surface area contributed by atoms with Crippen molar-refractivity contribution in [2.45, 2.75) is 11.8 Å². The number of anilines is 2. The lowest BCUT2D eigenvalue weighted by Gasteiger charge is -2.12. The largest absolute Gasteiger partial charge is 0.319 e. The Morgan fingerprint density at radius 3 is 2.32 bits per heavy atom. The minimum absolute atomic E-state index is 0.0164. The van der Waals surface area contributed by atoms with Gasteiger partial charge >= 0.3 is 0 Å². The van der Waals surface area contributed by atoms with Crippen LogP contribution in [0.25, 0.3) is 0 Å². The van der Waals surface area contributed by atoms with Crippen LogP contribution in [0.3, 0.4) is 0 Å². The van der Waals surface area contributed by atoms with E-state index in [4.69, 9.17) is 0 Å². The fourth-order valence-electron chi connectivity index (χ4n) is 2.53. The van der Waals surface area contributed by atoms with Crippen molar-refractivity contribution in [1.82, 2.24) is 0 Å². The number of benzene rings is 3. The first-order valence-electron chi connectivity index (χ1n) is 8.21. The van der Waals surface area contributed by atoms with Gasteiger partial charge in [0.15, 0.2) is 0 Å². The molecule has 5 nitrogen and oxygen atoms in total. The van der Waals surface area contributed by atoms with E-state index >= 15 is 0 Å². The van der Waals surface area contributed by atoms with Crippen molar-refractivity contribution in [3.8, 4) is 0 Å². The lowest BCUT2D eigenvalue weighted by Crippen LogP contribution is -2.17. The van der Waals surface area contributed by atoms with Crippen molar-refractivity contribution in [3.05, 3.63) is 89.5 Å². The highest BCUT2D eigenvalue weighted by molar-refractivity contribution is 7.92. The molecule has 3 aromatic carbocycles. The number of carbonyl (C=O) groups excluding carboxylic acids is 1. The third-order valence-electron chi connectivity index (χ3n) is 3.95. The molecule has 144 valence electrons. The molecule has 1 amide bonds. The van der Waals surface area contributed by atoms with Crippen molar-refractivity contribution < 1.29 is 22.0 Å². The van der Waals surface area contributed by atoms with Gasteiger partial charge in [-0.25, -0.2) is 17.2 Å². The van der Waals surface area contributed by atoms with Crippen LogP contribution in [-0.4, -0.2) is 14.3 Å². The zero-order chi connectivity index (χ0) is 20.3. The summed E-state index contributed by atoms with van der Waals surface area (Å²) in [5.74, 6) is -2.42. The van der Waals surface area contributed by atoms with Crippen LogP contribution in [0.5, 0.6) is 0 Å². The Kier molecular flexibility index (Phi) is 5.41. The van der Waals surface area contributed by atoms with Crippen LogP contribution in [0, 0.1) is 18.6 Å². The number of sulfonamides is 1. The zero-order valence-corrected chi connectivity index (χ0v) is 15.6. The minimum atomic E-state index is -3.94. The maximum atomic E-state index is 13.7. The van der Waals surface area contributed by atoms with E-state index in [-0.39, 0.29) is 16.1 Å². The maximum Gasteiger partial charge on any atom is 0.262 e. The molecule has 0 radical (unpaired) electrons. The van der Waals surface area contributed by atoms with Gasteiger partial charge in [0.25, 0.3) is 15.9 Å². The molecule has 0 heterocycles. The van der Waals surface area contributed by atoms with Gasteiger partial charge in [-0.3, -0.25) is 9.52 Å². The molecule has 3 rings (SSSR count). The van der Waals surface area contributed by atoms with Crippen LogP contribution in [0.1, 0.15) is 15.9 Å². The molecule has 0 fully saturated rings. The summed E-state index contributed by atoms with van der Waals surface area (Å²) in [5.41, 5.74) is 0.625. The van der Waals surface area contributed by atoms with Gasteiger partial charge in [-0.15, -0.1) is 0 Å². The summed E-state index contributed by atoms with van der Waals surface area (Å²) < 4.78 is 54.6. The van der Waals surface area contributed by atoms with Crippen LogP contribution in [0.15, 0.2) is 71.6 Å². The molecule has 0 aliphatic heterocycles. The van der Waals surface area contributed by atoms with E-state index in [0.29, 0.717) is 17.3 Å². The number of carbonyl (C=O) groups is 1. The summed E-state index contributed by atoms with van der Waals surface area (Å²) in [6, 6.07) is 15.2. The molecule has 0 aliphatic rings. The second-order valence-electron chi connectivity index (χ2n) is 6.03. The van der Waals surface area contributed by atoms with Crippen molar-refractivity contribution in [2.24, 2.45) is 0 Å². The third kappa shape index (κ3) is 4.34. The summed E-state index contributed by atoms with van der Waals surface area (Å²) in [6.07, 6.45) is 0. The quantitative estimate of drug-likeness (QED) is 0.667. The Labute approximate surface area is 161 Å². The van der Waals surface area contributed by atoms with Gasteiger partial charge in [0.05, 0.1) is 10.6 Å². The van der Waals surface area contributed by atoms with Crippen molar-refractivity contribution in [1.29, 1.82) is 0 Å². The summed E-state index contributed by atoms with van der Waals surface area (Å²) in [4.78, 5) is 12.3. The van der Waals surface area contributed by atoms with Crippen LogP contribution in [-0.2, 0) is 10.0 Å². The van der Waals surface area contributed by atoms with Gasteiger partial charge in [0.2, 0.25) is 0 Å². The Balaban J connectivity index is 1.89. The van der Waals surface area contributed by atoms with Gasteiger partial charge in [0.1, 0.15) is 11.6 Å². The van der Waals surface area contributed by atoms with Gasteiger partial charge in [-0.05, 0) is 48.9 Å². The van der Waals surface area contributed by atoms with E-state index < -0.39 is 27.6 Å². The predicted molar refractivity (Wildman–Crippen MR) is 103 cm³/mol. The second-order valence-corrected chi connectivity index (χ2v) is 7.68. The van der Waals surface area contributed by atoms with Crippen molar-refractivity contribution in [3.63, 3.8) is 0 Å². The molecule has 0 saturated carbocycles. The Bertz CT molecular complexity index is 1130. The molecule has 28 heavy (non-hydrogen) atoms. The first-order valence-corrected chi connectivity index (χ1v) is 9.69. The van der Waals surface area contributed by atoms with Crippen molar-refractivity contribution in [2.75, 3.05) is 10.0 Å². The molecular weight excluding hydrogens is 386 g/mol. The van der Waals surface area contributed by atoms with Crippen LogP contribution >= 0.6 is 0 Å². The van der Waals surface area contributed by atoms with Gasteiger partial charge in [-0.2, -0.15) is 0 Å². The molecule has 0 aliphatic carbocycles. The lowest BCUT2D eigenvalue weighted by molar-refractivity contribution is 0.102. The second kappa shape index (κ2) is 7.77. The number of hydrogen-bond acceptors (Lipinski definition) is 3. The molecule has 0 bridgehead atoms. The number of amides is 1. The molecule has 0 aromatic heterocycles. The van der Waals surface area contributed by atoms with E-state index in [1.165, 1.54) is 18.2 Å². The number of halogens is 2. The van der Waals surface area contributed by atoms with E-state index in [1.807, 2.05) is 0 Å². The third-order valence-corrected chi connectivity index (χ3v) is 5.47. The summed E-state index contributed by atoms with van der Waals surface area (Å²) in [6.45, 7) is 1.60. The highest BCUT2D eigenvalue weighted by Crippen LogP contribution is 2.22. The van der Waals surface area contributed by atoms with Crippen LogP contribution in [0.2, 0.25) is 0 Å².